The van der Waals surface area contributed by atoms with Crippen LogP contribution in [0.1, 0.15) is 16.1 Å². The fourth-order valence-corrected chi connectivity index (χ4v) is 3.62. The summed E-state index contributed by atoms with van der Waals surface area (Å²) < 4.78 is 5.10. The fourth-order valence-electron chi connectivity index (χ4n) is 2.82. The van der Waals surface area contributed by atoms with Gasteiger partial charge >= 0.3 is 0 Å². The molecule has 0 radical (unpaired) electrons. The molecule has 0 saturated carbocycles. The van der Waals surface area contributed by atoms with E-state index in [1.807, 2.05) is 54.9 Å². The van der Waals surface area contributed by atoms with Crippen LogP contribution in [-0.2, 0) is 6.54 Å². The van der Waals surface area contributed by atoms with Gasteiger partial charge in [-0.3, -0.25) is 4.79 Å². The molecular formula is C22H19N3O2S. The molecule has 1 amide bonds. The van der Waals surface area contributed by atoms with Gasteiger partial charge in [-0.05, 0) is 29.8 Å². The lowest BCUT2D eigenvalue weighted by Gasteiger charge is -2.15. The molecule has 140 valence electrons. The quantitative estimate of drug-likeness (QED) is 0.487. The van der Waals surface area contributed by atoms with E-state index in [1.54, 1.807) is 23.5 Å². The Kier molecular flexibility index (Phi) is 5.21. The summed E-state index contributed by atoms with van der Waals surface area (Å²) in [7, 11) is 2.04. The SMILES string of the molecule is CN(Cc1ccccc1)c1nc(-c2ccc(NC(=O)c3ccco3)cc2)cs1. The standard InChI is InChI=1S/C22H19N3O2S/c1-25(14-16-6-3-2-4-7-16)22-24-19(15-28-22)17-9-11-18(12-10-17)23-21(26)20-8-5-13-27-20/h2-13,15H,14H2,1H3,(H,23,26). The largest absolute Gasteiger partial charge is 0.459 e. The second-order valence-electron chi connectivity index (χ2n) is 6.37. The molecule has 0 bridgehead atoms. The lowest BCUT2D eigenvalue weighted by Crippen LogP contribution is -2.15. The highest BCUT2D eigenvalue weighted by molar-refractivity contribution is 7.14. The maximum atomic E-state index is 12.0. The second kappa shape index (κ2) is 8.10. The minimum Gasteiger partial charge on any atom is -0.459 e. The monoisotopic (exact) mass is 389 g/mol. The average molecular weight is 389 g/mol. The maximum Gasteiger partial charge on any atom is 0.291 e. The highest BCUT2D eigenvalue weighted by Gasteiger charge is 2.11. The first-order valence-electron chi connectivity index (χ1n) is 8.85. The molecule has 1 N–H and O–H groups in total. The first kappa shape index (κ1) is 18.0. The van der Waals surface area contributed by atoms with Gasteiger partial charge < -0.3 is 14.6 Å². The van der Waals surface area contributed by atoms with Crippen LogP contribution < -0.4 is 10.2 Å². The van der Waals surface area contributed by atoms with Crippen LogP contribution in [-0.4, -0.2) is 17.9 Å². The van der Waals surface area contributed by atoms with Crippen LogP contribution in [0.25, 0.3) is 11.3 Å². The second-order valence-corrected chi connectivity index (χ2v) is 7.20. The van der Waals surface area contributed by atoms with Gasteiger partial charge in [0, 0.05) is 30.2 Å². The van der Waals surface area contributed by atoms with Crippen molar-refractivity contribution in [3.63, 3.8) is 0 Å². The Bertz CT molecular complexity index is 1040. The minimum atomic E-state index is -0.267. The van der Waals surface area contributed by atoms with Crippen molar-refractivity contribution < 1.29 is 9.21 Å². The van der Waals surface area contributed by atoms with Crippen LogP contribution in [0.15, 0.2) is 82.8 Å². The molecule has 4 aromatic rings. The van der Waals surface area contributed by atoms with E-state index in [0.29, 0.717) is 5.69 Å². The molecule has 0 aliphatic rings. The topological polar surface area (TPSA) is 58.4 Å². The molecule has 0 aliphatic heterocycles. The van der Waals surface area contributed by atoms with Gasteiger partial charge in [0.25, 0.3) is 5.91 Å². The van der Waals surface area contributed by atoms with Crippen molar-refractivity contribution in [3.8, 4) is 11.3 Å². The van der Waals surface area contributed by atoms with Gasteiger partial charge in [0.05, 0.1) is 12.0 Å². The Morgan fingerprint density at radius 3 is 2.57 bits per heavy atom. The maximum absolute atomic E-state index is 12.0. The van der Waals surface area contributed by atoms with Gasteiger partial charge in [0.2, 0.25) is 0 Å². The molecule has 2 aromatic heterocycles. The molecular weight excluding hydrogens is 370 g/mol. The summed E-state index contributed by atoms with van der Waals surface area (Å²) in [5.41, 5.74) is 3.88. The number of hydrogen-bond acceptors (Lipinski definition) is 5. The highest BCUT2D eigenvalue weighted by atomic mass is 32.1. The van der Waals surface area contributed by atoms with Crippen molar-refractivity contribution in [1.82, 2.24) is 4.98 Å². The summed E-state index contributed by atoms with van der Waals surface area (Å²) in [6.07, 6.45) is 1.48. The Morgan fingerprint density at radius 1 is 1.07 bits per heavy atom. The van der Waals surface area contributed by atoms with Crippen LogP contribution in [0.2, 0.25) is 0 Å². The van der Waals surface area contributed by atoms with Crippen LogP contribution >= 0.6 is 11.3 Å². The Hall–Kier alpha value is -3.38. The number of anilines is 2. The van der Waals surface area contributed by atoms with E-state index in [2.05, 4.69) is 22.3 Å². The molecule has 0 spiro atoms. The number of nitrogens with zero attached hydrogens (tertiary/aromatic N) is 2. The number of carbonyl (C=O) groups excluding carboxylic acids is 1. The van der Waals surface area contributed by atoms with Crippen molar-refractivity contribution in [3.05, 3.63) is 89.7 Å². The zero-order chi connectivity index (χ0) is 19.3. The van der Waals surface area contributed by atoms with Gasteiger partial charge in [0.1, 0.15) is 0 Å². The van der Waals surface area contributed by atoms with E-state index in [1.165, 1.54) is 11.8 Å². The number of benzene rings is 2. The molecule has 4 rings (SSSR count). The molecule has 28 heavy (non-hydrogen) atoms. The van der Waals surface area contributed by atoms with E-state index in [-0.39, 0.29) is 11.7 Å². The van der Waals surface area contributed by atoms with Crippen molar-refractivity contribution in [2.75, 3.05) is 17.3 Å². The minimum absolute atomic E-state index is 0.267. The van der Waals surface area contributed by atoms with Crippen LogP contribution in [0.5, 0.6) is 0 Å². The molecule has 0 saturated heterocycles. The van der Waals surface area contributed by atoms with Crippen molar-refractivity contribution >= 4 is 28.1 Å². The summed E-state index contributed by atoms with van der Waals surface area (Å²) in [5.74, 6) is 0.0194. The third-order valence-corrected chi connectivity index (χ3v) is 5.22. The van der Waals surface area contributed by atoms with Gasteiger partial charge in [-0.15, -0.1) is 11.3 Å². The van der Waals surface area contributed by atoms with E-state index >= 15 is 0 Å². The summed E-state index contributed by atoms with van der Waals surface area (Å²) in [5, 5.41) is 5.83. The molecule has 2 aromatic carbocycles. The molecule has 6 heteroatoms. The molecule has 2 heterocycles. The number of aromatic nitrogens is 1. The third-order valence-electron chi connectivity index (χ3n) is 4.26. The van der Waals surface area contributed by atoms with Gasteiger partial charge in [-0.1, -0.05) is 42.5 Å². The summed E-state index contributed by atoms with van der Waals surface area (Å²) in [6, 6.07) is 21.3. The summed E-state index contributed by atoms with van der Waals surface area (Å²) >= 11 is 1.62. The van der Waals surface area contributed by atoms with Gasteiger partial charge in [0.15, 0.2) is 10.9 Å². The van der Waals surface area contributed by atoms with Gasteiger partial charge in [-0.2, -0.15) is 0 Å². The molecule has 5 nitrogen and oxygen atoms in total. The smallest absolute Gasteiger partial charge is 0.291 e. The summed E-state index contributed by atoms with van der Waals surface area (Å²) in [4.78, 5) is 18.9. The zero-order valence-electron chi connectivity index (χ0n) is 15.3. The molecule has 0 fully saturated rings. The lowest BCUT2D eigenvalue weighted by atomic mass is 10.1. The molecule has 0 aliphatic carbocycles. The first-order chi connectivity index (χ1) is 13.7. The predicted octanol–water partition coefficient (Wildman–Crippen LogP) is 5.29. The number of hydrogen-bond donors (Lipinski definition) is 1. The van der Waals surface area contributed by atoms with E-state index in [0.717, 1.165) is 22.9 Å². The number of carbonyl (C=O) groups is 1. The lowest BCUT2D eigenvalue weighted by molar-refractivity contribution is 0.0996. The van der Waals surface area contributed by atoms with Crippen LogP contribution in [0.4, 0.5) is 10.8 Å². The van der Waals surface area contributed by atoms with Crippen molar-refractivity contribution in [2.45, 2.75) is 6.54 Å². The van der Waals surface area contributed by atoms with Crippen LogP contribution in [0.3, 0.4) is 0 Å². The van der Waals surface area contributed by atoms with Crippen LogP contribution in [0, 0.1) is 0 Å². The Labute approximate surface area is 167 Å². The number of rotatable bonds is 6. The predicted molar refractivity (Wildman–Crippen MR) is 113 cm³/mol. The molecule has 0 atom stereocenters. The van der Waals surface area contributed by atoms with Gasteiger partial charge in [-0.25, -0.2) is 4.98 Å². The van der Waals surface area contributed by atoms with E-state index in [4.69, 9.17) is 9.40 Å². The number of nitrogens with one attached hydrogen (secondary N) is 1. The Morgan fingerprint density at radius 2 is 1.86 bits per heavy atom. The number of amides is 1. The number of thiazole rings is 1. The molecule has 0 unspecified atom stereocenters. The number of furan rings is 1. The fraction of sp³-hybridized carbons (Fsp3) is 0.0909. The first-order valence-corrected chi connectivity index (χ1v) is 9.73. The average Bonchev–Trinajstić information content (AvgIpc) is 3.42. The Balaban J connectivity index is 1.43. The zero-order valence-corrected chi connectivity index (χ0v) is 16.1. The third kappa shape index (κ3) is 4.13. The van der Waals surface area contributed by atoms with Crippen molar-refractivity contribution in [2.24, 2.45) is 0 Å². The van der Waals surface area contributed by atoms with E-state index in [9.17, 15) is 4.79 Å². The van der Waals surface area contributed by atoms with Crippen molar-refractivity contribution in [1.29, 1.82) is 0 Å². The highest BCUT2D eigenvalue weighted by Crippen LogP contribution is 2.28. The van der Waals surface area contributed by atoms with E-state index < -0.39 is 0 Å². The normalized spacial score (nSPS) is 10.6. The summed E-state index contributed by atoms with van der Waals surface area (Å²) in [6.45, 7) is 0.811.